The van der Waals surface area contributed by atoms with Gasteiger partial charge in [-0.2, -0.15) is 5.26 Å². The van der Waals surface area contributed by atoms with Crippen LogP contribution in [0.15, 0.2) is 61.6 Å². The number of anilines is 1. The van der Waals surface area contributed by atoms with Gasteiger partial charge in [0.2, 0.25) is 0 Å². The average Bonchev–Trinajstić information content (AvgIpc) is 3.25. The fraction of sp³-hybridized carbons (Fsp3) is 0.320. The van der Waals surface area contributed by atoms with Crippen LogP contribution < -0.4 is 15.4 Å². The van der Waals surface area contributed by atoms with Crippen molar-refractivity contribution in [1.82, 2.24) is 14.9 Å². The largest absolute Gasteiger partial charge is 0.492 e. The van der Waals surface area contributed by atoms with Gasteiger partial charge in [0.15, 0.2) is 0 Å². The highest BCUT2D eigenvalue weighted by Gasteiger charge is 2.17. The molecular weight excluding hydrogens is 418 g/mol. The minimum Gasteiger partial charge on any atom is -0.492 e. The molecule has 2 aromatic rings. The minimum absolute atomic E-state index is 0.0251. The Hall–Kier alpha value is -3.83. The van der Waals surface area contributed by atoms with Gasteiger partial charge in [-0.15, -0.1) is 0 Å². The predicted octanol–water partition coefficient (Wildman–Crippen LogP) is 4.19. The Morgan fingerprint density at radius 1 is 1.42 bits per heavy atom. The second kappa shape index (κ2) is 10.7. The van der Waals surface area contributed by atoms with E-state index < -0.39 is 5.60 Å². The number of amides is 2. The number of hydrogen-bond acceptors (Lipinski definition) is 5. The molecule has 0 saturated carbocycles. The number of rotatable bonds is 7. The van der Waals surface area contributed by atoms with Crippen molar-refractivity contribution in [2.75, 3.05) is 18.5 Å². The van der Waals surface area contributed by atoms with Gasteiger partial charge in [-0.25, -0.2) is 9.78 Å². The van der Waals surface area contributed by atoms with E-state index in [4.69, 9.17) is 4.74 Å². The number of carbonyl (C=O) groups is 1. The number of hydrogen-bond donors (Lipinski definition) is 3. The molecule has 2 amide bonds. The summed E-state index contributed by atoms with van der Waals surface area (Å²) >= 11 is 0. The average molecular weight is 448 g/mol. The molecule has 1 aromatic carbocycles. The fourth-order valence-corrected chi connectivity index (χ4v) is 3.32. The summed E-state index contributed by atoms with van der Waals surface area (Å²) in [5.41, 5.74) is 1.74. The van der Waals surface area contributed by atoms with Gasteiger partial charge in [-0.3, -0.25) is 0 Å². The van der Waals surface area contributed by atoms with E-state index in [2.05, 4.69) is 28.3 Å². The molecule has 0 radical (unpaired) electrons. The second-order valence-corrected chi connectivity index (χ2v) is 8.46. The highest BCUT2D eigenvalue weighted by Crippen LogP contribution is 2.24. The molecule has 1 aliphatic heterocycles. The number of aromatic nitrogens is 2. The summed E-state index contributed by atoms with van der Waals surface area (Å²) in [5.74, 6) is 0.357. The molecule has 3 N–H and O–H groups in total. The van der Waals surface area contributed by atoms with Crippen LogP contribution in [0.1, 0.15) is 44.0 Å². The maximum absolute atomic E-state index is 12.6. The van der Waals surface area contributed by atoms with E-state index in [0.717, 1.165) is 17.7 Å². The van der Waals surface area contributed by atoms with Crippen molar-refractivity contribution < 1.29 is 14.6 Å². The van der Waals surface area contributed by atoms with E-state index in [1.807, 2.05) is 28.9 Å². The van der Waals surface area contributed by atoms with E-state index in [9.17, 15) is 15.2 Å². The number of carbonyl (C=O) groups excluding carboxylic acids is 1. The third-order valence-corrected chi connectivity index (χ3v) is 5.17. The zero-order valence-electron chi connectivity index (χ0n) is 18.9. The number of fused-ring (bicyclic) bond motifs is 1. The van der Waals surface area contributed by atoms with Crippen LogP contribution in [-0.4, -0.2) is 39.4 Å². The molecule has 0 fully saturated rings. The minimum atomic E-state index is -0.870. The number of nitriles is 1. The van der Waals surface area contributed by atoms with E-state index in [1.165, 1.54) is 0 Å². The number of nitrogens with one attached hydrogen (secondary N) is 2. The first kappa shape index (κ1) is 23.8. The van der Waals surface area contributed by atoms with Crippen molar-refractivity contribution >= 4 is 17.3 Å². The number of nitrogens with zero attached hydrogens (tertiary/aromatic N) is 3. The molecule has 1 atom stereocenters. The van der Waals surface area contributed by atoms with Crippen LogP contribution in [0.25, 0.3) is 5.57 Å². The number of allylic oxidation sites excluding steroid dienone is 5. The number of urea groups is 1. The summed E-state index contributed by atoms with van der Waals surface area (Å²) in [6, 6.07) is 6.52. The lowest BCUT2D eigenvalue weighted by Crippen LogP contribution is -2.34. The van der Waals surface area contributed by atoms with Gasteiger partial charge < -0.3 is 25.0 Å². The van der Waals surface area contributed by atoms with Crippen molar-refractivity contribution in [2.24, 2.45) is 0 Å². The molecule has 0 aliphatic carbocycles. The van der Waals surface area contributed by atoms with Gasteiger partial charge >= 0.3 is 6.03 Å². The summed E-state index contributed by atoms with van der Waals surface area (Å²) in [5, 5.41) is 24.9. The summed E-state index contributed by atoms with van der Waals surface area (Å²) in [6.45, 7) is 8.10. The highest BCUT2D eigenvalue weighted by molar-refractivity contribution is 5.89. The number of aliphatic hydroxyl groups is 1. The maximum atomic E-state index is 12.6. The fourth-order valence-electron chi connectivity index (χ4n) is 3.32. The first-order valence-electron chi connectivity index (χ1n) is 10.8. The van der Waals surface area contributed by atoms with Crippen LogP contribution in [-0.2, 0) is 0 Å². The Labute approximate surface area is 193 Å². The lowest BCUT2D eigenvalue weighted by molar-refractivity contribution is 0.0553. The van der Waals surface area contributed by atoms with Crippen molar-refractivity contribution in [2.45, 2.75) is 38.3 Å². The van der Waals surface area contributed by atoms with E-state index in [-0.39, 0.29) is 18.7 Å². The Bertz CT molecular complexity index is 1100. The zero-order valence-corrected chi connectivity index (χ0v) is 18.9. The molecule has 8 nitrogen and oxygen atoms in total. The normalized spacial score (nSPS) is 17.5. The van der Waals surface area contributed by atoms with Crippen molar-refractivity contribution in [1.29, 1.82) is 5.26 Å². The highest BCUT2D eigenvalue weighted by atomic mass is 16.5. The molecule has 2 heterocycles. The first-order valence-corrected chi connectivity index (χ1v) is 10.8. The second-order valence-electron chi connectivity index (χ2n) is 8.46. The summed E-state index contributed by atoms with van der Waals surface area (Å²) in [6.07, 6.45) is 12.5. The molecule has 0 saturated heterocycles. The lowest BCUT2D eigenvalue weighted by atomic mass is 10.1. The van der Waals surface area contributed by atoms with Gasteiger partial charge in [0.1, 0.15) is 11.8 Å². The summed E-state index contributed by atoms with van der Waals surface area (Å²) in [7, 11) is 0. The third-order valence-electron chi connectivity index (χ3n) is 5.17. The Morgan fingerprint density at radius 3 is 3.00 bits per heavy atom. The third kappa shape index (κ3) is 6.82. The smallest absolute Gasteiger partial charge is 0.319 e. The molecule has 1 aromatic heterocycles. The quantitative estimate of drug-likeness (QED) is 0.589. The maximum Gasteiger partial charge on any atom is 0.319 e. The molecule has 0 bridgehead atoms. The molecular formula is C25H29N5O3. The van der Waals surface area contributed by atoms with Crippen LogP contribution >= 0.6 is 0 Å². The standard InChI is InChI=1S/C25H29N5O3/c1-18-7-5-4-6-8-21(30-17-27-16-22(18)30)15-28-24(31)29-20-10-9-19(14-26)23(13-20)33-12-11-25(2,3)32/h4-7,9-10,13,16-17,21,32H,1,8,11-12,15H2,2-3H3,(H2,28,29,31)/b6-4-,7-5-. The van der Waals surface area contributed by atoms with E-state index in [0.29, 0.717) is 30.0 Å². The number of ether oxygens (including phenoxy) is 1. The van der Waals surface area contributed by atoms with Gasteiger partial charge in [0, 0.05) is 24.7 Å². The Balaban J connectivity index is 1.63. The topological polar surface area (TPSA) is 112 Å². The van der Waals surface area contributed by atoms with Gasteiger partial charge in [0.05, 0.1) is 42.0 Å². The molecule has 33 heavy (non-hydrogen) atoms. The van der Waals surface area contributed by atoms with Crippen molar-refractivity contribution in [3.8, 4) is 11.8 Å². The molecule has 1 aliphatic rings. The Morgan fingerprint density at radius 2 is 2.24 bits per heavy atom. The monoisotopic (exact) mass is 447 g/mol. The molecule has 172 valence electrons. The van der Waals surface area contributed by atoms with Crippen LogP contribution in [0.4, 0.5) is 10.5 Å². The van der Waals surface area contributed by atoms with Crippen LogP contribution in [0.5, 0.6) is 5.75 Å². The van der Waals surface area contributed by atoms with Crippen LogP contribution in [0, 0.1) is 11.3 Å². The lowest BCUT2D eigenvalue weighted by Gasteiger charge is -2.20. The van der Waals surface area contributed by atoms with E-state index >= 15 is 0 Å². The Kier molecular flexibility index (Phi) is 7.70. The molecule has 0 spiro atoms. The van der Waals surface area contributed by atoms with Gasteiger partial charge in [-0.05, 0) is 38.0 Å². The number of benzene rings is 1. The SMILES string of the molecule is C=C1/C=C\C=C/CC(CNC(=O)Nc2ccc(C#N)c(OCCC(C)(C)O)c2)n2cncc21. The molecule has 3 rings (SSSR count). The van der Waals surface area contributed by atoms with Crippen molar-refractivity contribution in [3.05, 3.63) is 72.9 Å². The zero-order chi connectivity index (χ0) is 23.8. The molecule has 1 unspecified atom stereocenters. The van der Waals surface area contributed by atoms with Crippen LogP contribution in [0.2, 0.25) is 0 Å². The first-order chi connectivity index (χ1) is 15.8. The number of imidazole rings is 1. The summed E-state index contributed by atoms with van der Waals surface area (Å²) < 4.78 is 7.69. The molecule has 8 heteroatoms. The van der Waals surface area contributed by atoms with Crippen LogP contribution in [0.3, 0.4) is 0 Å². The summed E-state index contributed by atoms with van der Waals surface area (Å²) in [4.78, 5) is 16.8. The van der Waals surface area contributed by atoms with Crippen molar-refractivity contribution in [3.63, 3.8) is 0 Å². The predicted molar refractivity (Wildman–Crippen MR) is 128 cm³/mol. The van der Waals surface area contributed by atoms with E-state index in [1.54, 1.807) is 44.6 Å². The van der Waals surface area contributed by atoms with Gasteiger partial charge in [0.25, 0.3) is 0 Å². The van der Waals surface area contributed by atoms with Gasteiger partial charge in [-0.1, -0.05) is 30.9 Å².